The fourth-order valence-corrected chi connectivity index (χ4v) is 2.21. The van der Waals surface area contributed by atoms with Crippen LogP contribution in [0.15, 0.2) is 34.9 Å². The van der Waals surface area contributed by atoms with E-state index in [1.807, 2.05) is 44.2 Å². The average molecular weight is 269 g/mol. The standard InChI is InChI=1S/C15H15N3O2/c1-9-12(10(2)20-18-9)8-16-15(19)14-7-11-5-3-4-6-13(11)17-14/h3-7,17H,8H2,1-2H3,(H,16,19). The molecule has 5 nitrogen and oxygen atoms in total. The molecule has 0 atom stereocenters. The van der Waals surface area contributed by atoms with Crippen molar-refractivity contribution in [1.29, 1.82) is 0 Å². The minimum atomic E-state index is -0.138. The molecule has 0 fully saturated rings. The third-order valence-corrected chi connectivity index (χ3v) is 3.38. The summed E-state index contributed by atoms with van der Waals surface area (Å²) in [6, 6.07) is 9.64. The quantitative estimate of drug-likeness (QED) is 0.768. The van der Waals surface area contributed by atoms with Crippen LogP contribution < -0.4 is 5.32 Å². The second-order valence-corrected chi connectivity index (χ2v) is 4.76. The number of aromatic nitrogens is 2. The van der Waals surface area contributed by atoms with Crippen LogP contribution in [0.25, 0.3) is 10.9 Å². The van der Waals surface area contributed by atoms with Crippen LogP contribution in [0.3, 0.4) is 0 Å². The van der Waals surface area contributed by atoms with Crippen LogP contribution >= 0.6 is 0 Å². The largest absolute Gasteiger partial charge is 0.361 e. The molecule has 0 unspecified atom stereocenters. The summed E-state index contributed by atoms with van der Waals surface area (Å²) in [4.78, 5) is 15.2. The molecule has 20 heavy (non-hydrogen) atoms. The normalized spacial score (nSPS) is 10.9. The second-order valence-electron chi connectivity index (χ2n) is 4.76. The summed E-state index contributed by atoms with van der Waals surface area (Å²) in [6.45, 7) is 4.11. The van der Waals surface area contributed by atoms with E-state index in [2.05, 4.69) is 15.5 Å². The van der Waals surface area contributed by atoms with Gasteiger partial charge in [0.25, 0.3) is 5.91 Å². The molecule has 2 N–H and O–H groups in total. The zero-order chi connectivity index (χ0) is 14.1. The number of aromatic amines is 1. The van der Waals surface area contributed by atoms with E-state index in [1.165, 1.54) is 0 Å². The lowest BCUT2D eigenvalue weighted by Gasteiger charge is -2.02. The first-order valence-electron chi connectivity index (χ1n) is 6.43. The molecule has 102 valence electrons. The van der Waals surface area contributed by atoms with E-state index in [9.17, 15) is 4.79 Å². The van der Waals surface area contributed by atoms with Crippen molar-refractivity contribution in [3.63, 3.8) is 0 Å². The lowest BCUT2D eigenvalue weighted by Crippen LogP contribution is -2.23. The smallest absolute Gasteiger partial charge is 0.267 e. The maximum absolute atomic E-state index is 12.1. The average Bonchev–Trinajstić information content (AvgIpc) is 3.01. The Morgan fingerprint density at radius 2 is 2.15 bits per heavy atom. The van der Waals surface area contributed by atoms with Crippen molar-refractivity contribution in [2.24, 2.45) is 0 Å². The van der Waals surface area contributed by atoms with Crippen molar-refractivity contribution in [2.45, 2.75) is 20.4 Å². The molecule has 0 aliphatic carbocycles. The molecule has 0 radical (unpaired) electrons. The molecule has 0 aliphatic rings. The monoisotopic (exact) mass is 269 g/mol. The van der Waals surface area contributed by atoms with Gasteiger partial charge in [0.1, 0.15) is 11.5 Å². The molecule has 3 rings (SSSR count). The van der Waals surface area contributed by atoms with Crippen molar-refractivity contribution in [3.8, 4) is 0 Å². The first-order chi connectivity index (χ1) is 9.65. The Hall–Kier alpha value is -2.56. The van der Waals surface area contributed by atoms with Gasteiger partial charge < -0.3 is 14.8 Å². The number of nitrogens with zero attached hydrogens (tertiary/aromatic N) is 1. The van der Waals surface area contributed by atoms with E-state index in [0.717, 1.165) is 27.9 Å². The van der Waals surface area contributed by atoms with Crippen LogP contribution in [0.5, 0.6) is 0 Å². The Kier molecular flexibility index (Phi) is 3.02. The van der Waals surface area contributed by atoms with Gasteiger partial charge in [0, 0.05) is 23.0 Å². The van der Waals surface area contributed by atoms with Gasteiger partial charge >= 0.3 is 0 Å². The van der Waals surface area contributed by atoms with Gasteiger partial charge in [-0.25, -0.2) is 0 Å². The number of fused-ring (bicyclic) bond motifs is 1. The van der Waals surface area contributed by atoms with Gasteiger partial charge in [-0.05, 0) is 26.0 Å². The maximum atomic E-state index is 12.1. The third kappa shape index (κ3) is 2.18. The van der Waals surface area contributed by atoms with Gasteiger partial charge in [0.05, 0.1) is 5.69 Å². The van der Waals surface area contributed by atoms with Crippen LogP contribution in [0.1, 0.15) is 27.5 Å². The highest BCUT2D eigenvalue weighted by molar-refractivity contribution is 5.97. The number of H-pyrrole nitrogens is 1. The molecule has 0 saturated heterocycles. The minimum absolute atomic E-state index is 0.138. The predicted octanol–water partition coefficient (Wildman–Crippen LogP) is 2.70. The van der Waals surface area contributed by atoms with E-state index < -0.39 is 0 Å². The number of amides is 1. The van der Waals surface area contributed by atoms with Crippen LogP contribution in [0, 0.1) is 13.8 Å². The summed E-state index contributed by atoms with van der Waals surface area (Å²) in [5.74, 6) is 0.598. The predicted molar refractivity (Wildman–Crippen MR) is 75.4 cm³/mol. The van der Waals surface area contributed by atoms with Crippen LogP contribution in [0.4, 0.5) is 0 Å². The lowest BCUT2D eigenvalue weighted by atomic mass is 10.2. The number of hydrogen-bond donors (Lipinski definition) is 2. The molecular formula is C15H15N3O2. The number of carbonyl (C=O) groups excluding carboxylic acids is 1. The third-order valence-electron chi connectivity index (χ3n) is 3.38. The molecule has 0 spiro atoms. The molecule has 2 aromatic heterocycles. The first kappa shape index (κ1) is 12.5. The van der Waals surface area contributed by atoms with Crippen molar-refractivity contribution < 1.29 is 9.32 Å². The zero-order valence-corrected chi connectivity index (χ0v) is 11.4. The number of aryl methyl sites for hydroxylation is 2. The summed E-state index contributed by atoms with van der Waals surface area (Å²) in [6.07, 6.45) is 0. The Morgan fingerprint density at radius 1 is 1.35 bits per heavy atom. The van der Waals surface area contributed by atoms with Gasteiger partial charge in [-0.15, -0.1) is 0 Å². The molecule has 1 amide bonds. The van der Waals surface area contributed by atoms with E-state index in [-0.39, 0.29) is 5.91 Å². The van der Waals surface area contributed by atoms with Crippen LogP contribution in [-0.4, -0.2) is 16.0 Å². The number of nitrogens with one attached hydrogen (secondary N) is 2. The highest BCUT2D eigenvalue weighted by Crippen LogP contribution is 2.15. The van der Waals surface area contributed by atoms with Crippen LogP contribution in [-0.2, 0) is 6.54 Å². The van der Waals surface area contributed by atoms with E-state index >= 15 is 0 Å². The fraction of sp³-hybridized carbons (Fsp3) is 0.200. The highest BCUT2D eigenvalue weighted by atomic mass is 16.5. The number of carbonyl (C=O) groups is 1. The maximum Gasteiger partial charge on any atom is 0.267 e. The number of para-hydroxylation sites is 1. The first-order valence-corrected chi connectivity index (χ1v) is 6.43. The van der Waals surface area contributed by atoms with E-state index in [4.69, 9.17) is 4.52 Å². The number of rotatable bonds is 3. The molecule has 1 aromatic carbocycles. The van der Waals surface area contributed by atoms with Gasteiger partial charge in [0.2, 0.25) is 0 Å². The summed E-state index contributed by atoms with van der Waals surface area (Å²) in [7, 11) is 0. The van der Waals surface area contributed by atoms with Crippen molar-refractivity contribution in [3.05, 3.63) is 53.0 Å². The molecule has 0 aliphatic heterocycles. The van der Waals surface area contributed by atoms with Gasteiger partial charge in [-0.1, -0.05) is 23.4 Å². The van der Waals surface area contributed by atoms with Crippen molar-refractivity contribution in [1.82, 2.24) is 15.5 Å². The van der Waals surface area contributed by atoms with E-state index in [0.29, 0.717) is 12.2 Å². The lowest BCUT2D eigenvalue weighted by molar-refractivity contribution is 0.0946. The Balaban J connectivity index is 1.76. The van der Waals surface area contributed by atoms with Crippen molar-refractivity contribution in [2.75, 3.05) is 0 Å². The van der Waals surface area contributed by atoms with Crippen molar-refractivity contribution >= 4 is 16.8 Å². The Morgan fingerprint density at radius 3 is 2.85 bits per heavy atom. The molecule has 3 aromatic rings. The summed E-state index contributed by atoms with van der Waals surface area (Å²) < 4.78 is 5.07. The summed E-state index contributed by atoms with van der Waals surface area (Å²) >= 11 is 0. The Labute approximate surface area is 116 Å². The molecule has 2 heterocycles. The van der Waals surface area contributed by atoms with Gasteiger partial charge in [-0.3, -0.25) is 4.79 Å². The SMILES string of the molecule is Cc1noc(C)c1CNC(=O)c1cc2ccccc2[nH]1. The molecule has 0 saturated carbocycles. The Bertz CT molecular complexity index is 718. The summed E-state index contributed by atoms with van der Waals surface area (Å²) in [5, 5.41) is 7.76. The second kappa shape index (κ2) is 4.85. The molecular weight excluding hydrogens is 254 g/mol. The number of benzene rings is 1. The zero-order valence-electron chi connectivity index (χ0n) is 11.4. The van der Waals surface area contributed by atoms with E-state index in [1.54, 1.807) is 0 Å². The summed E-state index contributed by atoms with van der Waals surface area (Å²) in [5.41, 5.74) is 3.24. The number of hydrogen-bond acceptors (Lipinski definition) is 3. The molecule has 5 heteroatoms. The highest BCUT2D eigenvalue weighted by Gasteiger charge is 2.12. The van der Waals surface area contributed by atoms with Crippen LogP contribution in [0.2, 0.25) is 0 Å². The minimum Gasteiger partial charge on any atom is -0.361 e. The fourth-order valence-electron chi connectivity index (χ4n) is 2.21. The topological polar surface area (TPSA) is 70.9 Å². The van der Waals surface area contributed by atoms with Gasteiger partial charge in [0.15, 0.2) is 0 Å². The molecule has 0 bridgehead atoms. The van der Waals surface area contributed by atoms with Gasteiger partial charge in [-0.2, -0.15) is 0 Å².